The van der Waals surface area contributed by atoms with Crippen molar-refractivity contribution in [2.45, 2.75) is 25.8 Å². The Balaban J connectivity index is 2.00. The zero-order valence-electron chi connectivity index (χ0n) is 9.79. The molecule has 3 heteroatoms. The highest BCUT2D eigenvalue weighted by Crippen LogP contribution is 2.14. The zero-order chi connectivity index (χ0) is 11.5. The van der Waals surface area contributed by atoms with Gasteiger partial charge in [0.25, 0.3) is 5.91 Å². The Morgan fingerprint density at radius 3 is 2.38 bits per heavy atom. The quantitative estimate of drug-likeness (QED) is 0.807. The fourth-order valence-corrected chi connectivity index (χ4v) is 1.68. The second kappa shape index (κ2) is 4.66. The van der Waals surface area contributed by atoms with Crippen LogP contribution in [0.3, 0.4) is 0 Å². The van der Waals surface area contributed by atoms with Gasteiger partial charge in [-0.1, -0.05) is 26.0 Å². The van der Waals surface area contributed by atoms with Crippen LogP contribution in [-0.4, -0.2) is 25.0 Å². The van der Waals surface area contributed by atoms with Crippen LogP contribution >= 0.6 is 0 Å². The van der Waals surface area contributed by atoms with Gasteiger partial charge in [-0.15, -0.1) is 0 Å². The first-order valence-corrected chi connectivity index (χ1v) is 5.78. The Morgan fingerprint density at radius 1 is 1.31 bits per heavy atom. The molecule has 3 nitrogen and oxygen atoms in total. The number of rotatable bonds is 3. The Hall–Kier alpha value is -1.35. The molecule has 1 heterocycles. The lowest BCUT2D eigenvalue weighted by molar-refractivity contribution is 0.0924. The van der Waals surface area contributed by atoms with Crippen LogP contribution in [0, 0.1) is 0 Å². The average molecular weight is 218 g/mol. The van der Waals surface area contributed by atoms with Crippen LogP contribution in [0.15, 0.2) is 24.3 Å². The van der Waals surface area contributed by atoms with Gasteiger partial charge in [0.2, 0.25) is 0 Å². The van der Waals surface area contributed by atoms with E-state index >= 15 is 0 Å². The summed E-state index contributed by atoms with van der Waals surface area (Å²) in [5.74, 6) is 0.537. The van der Waals surface area contributed by atoms with Gasteiger partial charge in [0.1, 0.15) is 0 Å². The molecule has 1 fully saturated rings. The molecule has 0 saturated carbocycles. The predicted octanol–water partition coefficient (Wildman–Crippen LogP) is 1.51. The smallest absolute Gasteiger partial charge is 0.251 e. The maximum absolute atomic E-state index is 11.8. The molecule has 0 spiro atoms. The van der Waals surface area contributed by atoms with Gasteiger partial charge in [0.15, 0.2) is 0 Å². The van der Waals surface area contributed by atoms with Crippen LogP contribution in [0.1, 0.15) is 35.7 Å². The molecule has 0 bridgehead atoms. The van der Waals surface area contributed by atoms with E-state index in [0.717, 1.165) is 18.7 Å². The summed E-state index contributed by atoms with van der Waals surface area (Å²) < 4.78 is 0. The molecule has 0 atom stereocenters. The second-order valence-electron chi connectivity index (χ2n) is 4.61. The standard InChI is InChI=1S/C13H18N2O/c1-9(2)10-3-5-11(6-4-10)13(16)15-12-7-14-8-12/h3-6,9,12,14H,7-8H2,1-2H3,(H,15,16). The lowest BCUT2D eigenvalue weighted by atomic mass is 10.0. The van der Waals surface area contributed by atoms with Crippen LogP contribution in [0.2, 0.25) is 0 Å². The van der Waals surface area contributed by atoms with Crippen LogP contribution in [0.25, 0.3) is 0 Å². The number of carbonyl (C=O) groups is 1. The van der Waals surface area contributed by atoms with Crippen molar-refractivity contribution in [3.05, 3.63) is 35.4 Å². The molecule has 2 rings (SSSR count). The second-order valence-corrected chi connectivity index (χ2v) is 4.61. The minimum absolute atomic E-state index is 0.0295. The minimum Gasteiger partial charge on any atom is -0.347 e. The molecule has 86 valence electrons. The minimum atomic E-state index is 0.0295. The van der Waals surface area contributed by atoms with E-state index in [1.807, 2.05) is 24.3 Å². The maximum Gasteiger partial charge on any atom is 0.251 e. The molecule has 1 aromatic carbocycles. The normalized spacial score (nSPS) is 15.9. The Bertz CT molecular complexity index is 366. The highest BCUT2D eigenvalue weighted by atomic mass is 16.1. The van der Waals surface area contributed by atoms with E-state index in [1.54, 1.807) is 0 Å². The molecular formula is C13H18N2O. The van der Waals surface area contributed by atoms with Crippen molar-refractivity contribution < 1.29 is 4.79 Å². The predicted molar refractivity (Wildman–Crippen MR) is 64.7 cm³/mol. The highest BCUT2D eigenvalue weighted by Gasteiger charge is 2.19. The fraction of sp³-hybridized carbons (Fsp3) is 0.462. The van der Waals surface area contributed by atoms with E-state index in [0.29, 0.717) is 12.0 Å². The van der Waals surface area contributed by atoms with E-state index in [2.05, 4.69) is 24.5 Å². The summed E-state index contributed by atoms with van der Waals surface area (Å²) in [4.78, 5) is 11.8. The summed E-state index contributed by atoms with van der Waals surface area (Å²) in [6.45, 7) is 6.07. The summed E-state index contributed by atoms with van der Waals surface area (Å²) >= 11 is 0. The number of benzene rings is 1. The van der Waals surface area contributed by atoms with Crippen LogP contribution in [-0.2, 0) is 0 Å². The van der Waals surface area contributed by atoms with Crippen molar-refractivity contribution in [2.24, 2.45) is 0 Å². The molecule has 1 amide bonds. The van der Waals surface area contributed by atoms with Gasteiger partial charge in [-0.25, -0.2) is 0 Å². The van der Waals surface area contributed by atoms with Crippen molar-refractivity contribution in [2.75, 3.05) is 13.1 Å². The van der Waals surface area contributed by atoms with E-state index in [1.165, 1.54) is 5.56 Å². The fourth-order valence-electron chi connectivity index (χ4n) is 1.68. The third-order valence-electron chi connectivity index (χ3n) is 2.96. The van der Waals surface area contributed by atoms with Gasteiger partial charge in [-0.3, -0.25) is 4.79 Å². The molecule has 16 heavy (non-hydrogen) atoms. The number of carbonyl (C=O) groups excluding carboxylic acids is 1. The molecular weight excluding hydrogens is 200 g/mol. The molecule has 0 aromatic heterocycles. The summed E-state index contributed by atoms with van der Waals surface area (Å²) in [6.07, 6.45) is 0. The van der Waals surface area contributed by atoms with Crippen molar-refractivity contribution in [1.82, 2.24) is 10.6 Å². The Morgan fingerprint density at radius 2 is 1.94 bits per heavy atom. The molecule has 0 radical (unpaired) electrons. The van der Waals surface area contributed by atoms with E-state index < -0.39 is 0 Å². The molecule has 1 aromatic rings. The first-order chi connectivity index (χ1) is 7.66. The SMILES string of the molecule is CC(C)c1ccc(C(=O)NC2CNC2)cc1. The highest BCUT2D eigenvalue weighted by molar-refractivity contribution is 5.94. The maximum atomic E-state index is 11.8. The van der Waals surface area contributed by atoms with E-state index in [-0.39, 0.29) is 5.91 Å². The van der Waals surface area contributed by atoms with Gasteiger partial charge in [-0.2, -0.15) is 0 Å². The summed E-state index contributed by atoms with van der Waals surface area (Å²) in [6, 6.07) is 8.15. The first-order valence-electron chi connectivity index (χ1n) is 5.78. The Labute approximate surface area is 96.2 Å². The number of nitrogens with one attached hydrogen (secondary N) is 2. The molecule has 1 aliphatic heterocycles. The molecule has 0 aliphatic carbocycles. The third kappa shape index (κ3) is 2.42. The van der Waals surface area contributed by atoms with Crippen LogP contribution in [0.5, 0.6) is 0 Å². The van der Waals surface area contributed by atoms with Crippen molar-refractivity contribution in [3.8, 4) is 0 Å². The third-order valence-corrected chi connectivity index (χ3v) is 2.96. The zero-order valence-corrected chi connectivity index (χ0v) is 9.79. The largest absolute Gasteiger partial charge is 0.347 e. The topological polar surface area (TPSA) is 41.1 Å². The summed E-state index contributed by atoms with van der Waals surface area (Å²) in [5.41, 5.74) is 2.01. The number of amides is 1. The van der Waals surface area contributed by atoms with E-state index in [9.17, 15) is 4.79 Å². The lowest BCUT2D eigenvalue weighted by Gasteiger charge is -2.27. The van der Waals surface area contributed by atoms with Gasteiger partial charge >= 0.3 is 0 Å². The number of hydrogen-bond donors (Lipinski definition) is 2. The van der Waals surface area contributed by atoms with Gasteiger partial charge in [-0.05, 0) is 23.6 Å². The van der Waals surface area contributed by atoms with Gasteiger partial charge in [0, 0.05) is 18.7 Å². The first kappa shape index (κ1) is 11.1. The van der Waals surface area contributed by atoms with Crippen molar-refractivity contribution >= 4 is 5.91 Å². The summed E-state index contributed by atoms with van der Waals surface area (Å²) in [7, 11) is 0. The van der Waals surface area contributed by atoms with Crippen molar-refractivity contribution in [1.29, 1.82) is 0 Å². The monoisotopic (exact) mass is 218 g/mol. The number of hydrogen-bond acceptors (Lipinski definition) is 2. The Kier molecular flexibility index (Phi) is 3.25. The van der Waals surface area contributed by atoms with E-state index in [4.69, 9.17) is 0 Å². The molecule has 1 aliphatic rings. The molecule has 0 unspecified atom stereocenters. The summed E-state index contributed by atoms with van der Waals surface area (Å²) in [5, 5.41) is 6.11. The van der Waals surface area contributed by atoms with Gasteiger partial charge in [0.05, 0.1) is 6.04 Å². The van der Waals surface area contributed by atoms with Crippen LogP contribution < -0.4 is 10.6 Å². The van der Waals surface area contributed by atoms with Crippen molar-refractivity contribution in [3.63, 3.8) is 0 Å². The average Bonchev–Trinajstić information content (AvgIpc) is 2.23. The molecule has 1 saturated heterocycles. The van der Waals surface area contributed by atoms with Crippen LogP contribution in [0.4, 0.5) is 0 Å². The lowest BCUT2D eigenvalue weighted by Crippen LogP contribution is -2.56. The molecule has 2 N–H and O–H groups in total. The van der Waals surface area contributed by atoms with Gasteiger partial charge < -0.3 is 10.6 Å².